The van der Waals surface area contributed by atoms with E-state index in [-0.39, 0.29) is 23.9 Å². The molecule has 1 aliphatic heterocycles. The first-order valence-electron chi connectivity index (χ1n) is 7.01. The maximum Gasteiger partial charge on any atom is 0.320 e. The highest BCUT2D eigenvalue weighted by Crippen LogP contribution is 2.28. The fourth-order valence-corrected chi connectivity index (χ4v) is 2.77. The van der Waals surface area contributed by atoms with E-state index in [0.29, 0.717) is 26.1 Å². The Morgan fingerprint density at radius 2 is 2.00 bits per heavy atom. The first-order chi connectivity index (χ1) is 8.93. The third-order valence-electron chi connectivity index (χ3n) is 3.63. The summed E-state index contributed by atoms with van der Waals surface area (Å²) in [6.45, 7) is 6.67. The van der Waals surface area contributed by atoms with Crippen LogP contribution >= 0.6 is 0 Å². The van der Waals surface area contributed by atoms with Crippen LogP contribution in [0.5, 0.6) is 0 Å². The topological polar surface area (TPSA) is 66.8 Å². The van der Waals surface area contributed by atoms with Crippen LogP contribution in [0.25, 0.3) is 0 Å². The van der Waals surface area contributed by atoms with Gasteiger partial charge in [0.2, 0.25) is 0 Å². The molecule has 0 aromatic heterocycles. The first kappa shape index (κ1) is 16.1. The number of carboxylic acid groups (broad SMARTS) is 1. The average Bonchev–Trinajstić information content (AvgIpc) is 2.72. The van der Waals surface area contributed by atoms with Gasteiger partial charge in [0.15, 0.2) is 0 Å². The molecule has 0 unspecified atom stereocenters. The second-order valence-corrected chi connectivity index (χ2v) is 5.48. The number of carboxylic acids is 1. The summed E-state index contributed by atoms with van der Waals surface area (Å²) in [4.78, 5) is 24.1. The summed E-state index contributed by atoms with van der Waals surface area (Å²) in [6, 6.07) is 0.145. The Kier molecular flexibility index (Phi) is 6.45. The number of aliphatic carboxylic acids is 1. The molecule has 1 saturated heterocycles. The zero-order valence-corrected chi connectivity index (χ0v) is 12.1. The van der Waals surface area contributed by atoms with Gasteiger partial charge in [-0.15, -0.1) is 0 Å². The van der Waals surface area contributed by atoms with Crippen molar-refractivity contribution in [3.8, 4) is 0 Å². The van der Waals surface area contributed by atoms with Crippen LogP contribution in [0, 0.1) is 0 Å². The van der Waals surface area contributed by atoms with Crippen LogP contribution < -0.4 is 0 Å². The molecule has 1 N–H and O–H groups in total. The van der Waals surface area contributed by atoms with Crippen molar-refractivity contribution in [1.29, 1.82) is 0 Å². The Morgan fingerprint density at radius 3 is 2.53 bits per heavy atom. The third kappa shape index (κ3) is 4.91. The normalized spacial score (nSPS) is 24.0. The Balaban J connectivity index is 2.36. The fourth-order valence-electron chi connectivity index (χ4n) is 2.77. The minimum atomic E-state index is -0.728. The molecule has 19 heavy (non-hydrogen) atoms. The quantitative estimate of drug-likeness (QED) is 0.681. The van der Waals surface area contributed by atoms with Crippen molar-refractivity contribution in [3.63, 3.8) is 0 Å². The summed E-state index contributed by atoms with van der Waals surface area (Å²) in [5.41, 5.74) is 0. The molecule has 0 radical (unpaired) electrons. The summed E-state index contributed by atoms with van der Waals surface area (Å²) < 4.78 is 5.44. The molecule has 0 aromatic carbocycles. The van der Waals surface area contributed by atoms with Crippen molar-refractivity contribution in [2.24, 2.45) is 0 Å². The van der Waals surface area contributed by atoms with Gasteiger partial charge in [-0.25, -0.2) is 0 Å². The van der Waals surface area contributed by atoms with Crippen LogP contribution in [0.3, 0.4) is 0 Å². The standard InChI is InChI=1S/C14H25NO4/c1-10(2)15-12(4-5-13(15)14(17)18)7-9-19-8-6-11(3)16/h10,12-13H,4-9H2,1-3H3,(H,17,18)/t12-,13-/m0/s1. The number of hydrogen-bond acceptors (Lipinski definition) is 4. The first-order valence-corrected chi connectivity index (χ1v) is 7.01. The smallest absolute Gasteiger partial charge is 0.320 e. The largest absolute Gasteiger partial charge is 0.480 e. The van der Waals surface area contributed by atoms with E-state index in [0.717, 1.165) is 12.8 Å². The molecule has 110 valence electrons. The number of ether oxygens (including phenoxy) is 1. The van der Waals surface area contributed by atoms with E-state index in [4.69, 9.17) is 4.74 Å². The molecule has 1 heterocycles. The van der Waals surface area contributed by atoms with E-state index in [1.54, 1.807) is 6.92 Å². The Hall–Kier alpha value is -0.940. The lowest BCUT2D eigenvalue weighted by molar-refractivity contribution is -0.143. The van der Waals surface area contributed by atoms with Crippen molar-refractivity contribution in [1.82, 2.24) is 4.90 Å². The summed E-state index contributed by atoms with van der Waals surface area (Å²) >= 11 is 0. The number of rotatable bonds is 8. The highest BCUT2D eigenvalue weighted by Gasteiger charge is 2.38. The van der Waals surface area contributed by atoms with Crippen LogP contribution in [0.2, 0.25) is 0 Å². The number of hydrogen-bond donors (Lipinski definition) is 1. The Labute approximate surface area is 114 Å². The highest BCUT2D eigenvalue weighted by atomic mass is 16.5. The number of Topliss-reactive ketones (excluding diaryl/α,β-unsaturated/α-hetero) is 1. The van der Waals surface area contributed by atoms with Gasteiger partial charge in [0.05, 0.1) is 6.61 Å². The number of likely N-dealkylation sites (tertiary alicyclic amines) is 1. The Morgan fingerprint density at radius 1 is 1.32 bits per heavy atom. The fraction of sp³-hybridized carbons (Fsp3) is 0.857. The zero-order chi connectivity index (χ0) is 14.4. The van der Waals surface area contributed by atoms with Gasteiger partial charge in [0.1, 0.15) is 11.8 Å². The summed E-state index contributed by atoms with van der Waals surface area (Å²) in [7, 11) is 0. The van der Waals surface area contributed by atoms with E-state index in [1.165, 1.54) is 0 Å². The van der Waals surface area contributed by atoms with E-state index in [2.05, 4.69) is 4.90 Å². The maximum absolute atomic E-state index is 11.2. The van der Waals surface area contributed by atoms with Crippen LogP contribution in [0.15, 0.2) is 0 Å². The van der Waals surface area contributed by atoms with Crippen LogP contribution in [0.4, 0.5) is 0 Å². The van der Waals surface area contributed by atoms with Crippen LogP contribution in [-0.4, -0.2) is 53.1 Å². The van der Waals surface area contributed by atoms with Crippen molar-refractivity contribution in [2.45, 2.75) is 64.6 Å². The second-order valence-electron chi connectivity index (χ2n) is 5.48. The lowest BCUT2D eigenvalue weighted by atomic mass is 10.1. The number of ketones is 1. The van der Waals surface area contributed by atoms with Crippen LogP contribution in [-0.2, 0) is 14.3 Å². The van der Waals surface area contributed by atoms with Crippen molar-refractivity contribution in [3.05, 3.63) is 0 Å². The molecule has 0 aliphatic carbocycles. The maximum atomic E-state index is 11.2. The van der Waals surface area contributed by atoms with Gasteiger partial charge in [-0.3, -0.25) is 14.5 Å². The van der Waals surface area contributed by atoms with Crippen LogP contribution in [0.1, 0.15) is 46.5 Å². The van der Waals surface area contributed by atoms with Gasteiger partial charge in [0, 0.05) is 25.1 Å². The molecule has 1 rings (SSSR count). The lowest BCUT2D eigenvalue weighted by Crippen LogP contribution is -2.45. The van der Waals surface area contributed by atoms with Gasteiger partial charge in [-0.2, -0.15) is 0 Å². The van der Waals surface area contributed by atoms with E-state index in [1.807, 2.05) is 13.8 Å². The van der Waals surface area contributed by atoms with E-state index >= 15 is 0 Å². The molecule has 0 saturated carbocycles. The van der Waals surface area contributed by atoms with Crippen molar-refractivity contribution >= 4 is 11.8 Å². The van der Waals surface area contributed by atoms with Crippen molar-refractivity contribution < 1.29 is 19.4 Å². The number of carbonyl (C=O) groups is 2. The van der Waals surface area contributed by atoms with Gasteiger partial charge in [-0.05, 0) is 40.0 Å². The molecule has 1 aliphatic rings. The summed E-state index contributed by atoms with van der Waals surface area (Å²) in [5.74, 6) is -0.593. The SMILES string of the molecule is CC(=O)CCOCC[C@@H]1CC[C@@H](C(=O)O)N1C(C)C. The molecule has 5 heteroatoms. The monoisotopic (exact) mass is 271 g/mol. The molecule has 0 aromatic rings. The molecule has 5 nitrogen and oxygen atoms in total. The third-order valence-corrected chi connectivity index (χ3v) is 3.63. The molecule has 0 spiro atoms. The van der Waals surface area contributed by atoms with Gasteiger partial charge < -0.3 is 9.84 Å². The lowest BCUT2D eigenvalue weighted by Gasteiger charge is -2.31. The minimum Gasteiger partial charge on any atom is -0.480 e. The van der Waals surface area contributed by atoms with E-state index < -0.39 is 5.97 Å². The molecule has 0 amide bonds. The molecular formula is C14H25NO4. The number of nitrogens with zero attached hydrogens (tertiary/aromatic N) is 1. The predicted octanol–water partition coefficient (Wildman–Crippen LogP) is 1.70. The Bertz CT molecular complexity index is 317. The van der Waals surface area contributed by atoms with Gasteiger partial charge >= 0.3 is 5.97 Å². The van der Waals surface area contributed by atoms with Crippen molar-refractivity contribution in [2.75, 3.05) is 13.2 Å². The molecule has 0 bridgehead atoms. The second kappa shape index (κ2) is 7.60. The summed E-state index contributed by atoms with van der Waals surface area (Å²) in [5, 5.41) is 9.21. The predicted molar refractivity (Wildman–Crippen MR) is 72.2 cm³/mol. The number of carbonyl (C=O) groups excluding carboxylic acids is 1. The average molecular weight is 271 g/mol. The van der Waals surface area contributed by atoms with E-state index in [9.17, 15) is 14.7 Å². The highest BCUT2D eigenvalue weighted by molar-refractivity contribution is 5.75. The zero-order valence-electron chi connectivity index (χ0n) is 12.1. The molecular weight excluding hydrogens is 246 g/mol. The van der Waals surface area contributed by atoms with Gasteiger partial charge in [-0.1, -0.05) is 0 Å². The minimum absolute atomic E-state index is 0.135. The molecule has 1 fully saturated rings. The summed E-state index contributed by atoms with van der Waals surface area (Å²) in [6.07, 6.45) is 2.91. The van der Waals surface area contributed by atoms with Gasteiger partial charge in [0.25, 0.3) is 0 Å². The molecule has 2 atom stereocenters.